The maximum atomic E-state index is 12.5. The van der Waals surface area contributed by atoms with Crippen molar-refractivity contribution in [2.24, 2.45) is 5.14 Å². The molecule has 3 rings (SSSR count). The van der Waals surface area contributed by atoms with Crippen LogP contribution in [0.3, 0.4) is 0 Å². The number of methoxy groups -OCH3 is 2. The lowest BCUT2D eigenvalue weighted by molar-refractivity contribution is -0.135. The molecular weight excluding hydrogens is 420 g/mol. The van der Waals surface area contributed by atoms with Crippen LogP contribution in [0.4, 0.5) is 5.69 Å². The molecule has 8 nitrogen and oxygen atoms in total. The van der Waals surface area contributed by atoms with Gasteiger partial charge in [-0.05, 0) is 49.1 Å². The Morgan fingerprint density at radius 3 is 2.55 bits per heavy atom. The molecule has 1 saturated heterocycles. The summed E-state index contributed by atoms with van der Waals surface area (Å²) in [6.07, 6.45) is 1.97. The number of carbonyl (C=O) groups excluding carboxylic acids is 1. The Labute approximate surface area is 183 Å². The van der Waals surface area contributed by atoms with Crippen molar-refractivity contribution < 1.29 is 26.9 Å². The van der Waals surface area contributed by atoms with Crippen LogP contribution in [0.5, 0.6) is 11.5 Å². The lowest BCUT2D eigenvalue weighted by Crippen LogP contribution is -2.34. The summed E-state index contributed by atoms with van der Waals surface area (Å²) in [4.78, 5) is 14.7. The molecule has 2 aromatic rings. The average molecular weight is 449 g/mol. The van der Waals surface area contributed by atoms with Gasteiger partial charge in [-0.1, -0.05) is 24.3 Å². The fourth-order valence-electron chi connectivity index (χ4n) is 4.28. The summed E-state index contributed by atoms with van der Waals surface area (Å²) < 4.78 is 37.9. The molecule has 2 N–H and O–H groups in total. The highest BCUT2D eigenvalue weighted by atomic mass is 32.2. The summed E-state index contributed by atoms with van der Waals surface area (Å²) in [5, 5.41) is 4.92. The van der Waals surface area contributed by atoms with Gasteiger partial charge in [0.25, 0.3) is 0 Å². The van der Waals surface area contributed by atoms with Crippen molar-refractivity contribution >= 4 is 22.0 Å². The Balaban J connectivity index is 1.93. The van der Waals surface area contributed by atoms with Crippen molar-refractivity contribution in [3.8, 4) is 11.5 Å². The van der Waals surface area contributed by atoms with Crippen LogP contribution in [0.2, 0.25) is 0 Å². The number of nitrogens with zero attached hydrogens (tertiary/aromatic N) is 1. The first-order valence-corrected chi connectivity index (χ1v) is 11.5. The monoisotopic (exact) mass is 448 g/mol. The van der Waals surface area contributed by atoms with E-state index in [1.54, 1.807) is 14.2 Å². The van der Waals surface area contributed by atoms with E-state index >= 15 is 0 Å². The van der Waals surface area contributed by atoms with Crippen LogP contribution in [0, 0.1) is 0 Å². The molecule has 168 valence electrons. The normalized spacial score (nSPS) is 19.4. The van der Waals surface area contributed by atoms with Crippen LogP contribution in [0.1, 0.15) is 31.2 Å². The molecule has 0 bridgehead atoms. The van der Waals surface area contributed by atoms with Crippen LogP contribution in [0.25, 0.3) is 0 Å². The molecule has 1 unspecified atom stereocenters. The van der Waals surface area contributed by atoms with Crippen LogP contribution >= 0.6 is 0 Å². The number of nitrogens with two attached hydrogens (primary N) is 1. The number of ether oxygens (including phenoxy) is 2. The fourth-order valence-corrected chi connectivity index (χ4v) is 4.60. The second kappa shape index (κ2) is 9.57. The fraction of sp³-hybridized carbons (Fsp3) is 0.409. The number of benzene rings is 2. The molecule has 0 spiro atoms. The molecular formula is C22H28N2O6S. The third kappa shape index (κ3) is 5.68. The van der Waals surface area contributed by atoms with E-state index in [1.807, 2.05) is 48.5 Å². The van der Waals surface area contributed by atoms with Crippen molar-refractivity contribution in [3.05, 3.63) is 54.1 Å². The minimum absolute atomic E-state index is 0.101. The SMILES string of the molecule is COc1cccc(C2(CC(=O)OS(N)(=O)=O)CCCN(c3ccccc3OC)CC2)c1. The molecule has 0 amide bonds. The highest BCUT2D eigenvalue weighted by molar-refractivity contribution is 7.84. The molecule has 0 aliphatic carbocycles. The van der Waals surface area contributed by atoms with Crippen molar-refractivity contribution in [2.45, 2.75) is 31.1 Å². The molecule has 1 atom stereocenters. The second-order valence-corrected chi connectivity index (χ2v) is 8.80. The van der Waals surface area contributed by atoms with Gasteiger partial charge in [-0.15, -0.1) is 0 Å². The average Bonchev–Trinajstić information content (AvgIpc) is 2.95. The van der Waals surface area contributed by atoms with Gasteiger partial charge in [0.05, 0.1) is 26.3 Å². The van der Waals surface area contributed by atoms with Gasteiger partial charge in [0.15, 0.2) is 0 Å². The summed E-state index contributed by atoms with van der Waals surface area (Å²) in [5.41, 5.74) is 1.27. The van der Waals surface area contributed by atoms with E-state index < -0.39 is 21.7 Å². The lowest BCUT2D eigenvalue weighted by atomic mass is 9.72. The molecule has 1 aliphatic heterocycles. The van der Waals surface area contributed by atoms with E-state index in [4.69, 9.17) is 14.6 Å². The summed E-state index contributed by atoms with van der Waals surface area (Å²) in [6, 6.07) is 15.3. The standard InChI is InChI=1S/C22H28N2O6S/c1-28-18-8-5-7-17(15-18)22(16-21(25)30-31(23,26)27)11-6-13-24(14-12-22)19-9-3-4-10-20(19)29-2/h3-5,7-10,15H,6,11-14,16H2,1-2H3,(H2,23,26,27). The molecule has 1 heterocycles. The third-order valence-electron chi connectivity index (χ3n) is 5.74. The molecule has 2 aromatic carbocycles. The molecule has 31 heavy (non-hydrogen) atoms. The number of para-hydroxylation sites is 2. The van der Waals surface area contributed by atoms with Crippen molar-refractivity contribution in [1.82, 2.24) is 0 Å². The zero-order valence-corrected chi connectivity index (χ0v) is 18.6. The molecule has 0 saturated carbocycles. The van der Waals surface area contributed by atoms with Gasteiger partial charge in [0.1, 0.15) is 11.5 Å². The summed E-state index contributed by atoms with van der Waals surface area (Å²) >= 11 is 0. The van der Waals surface area contributed by atoms with Gasteiger partial charge in [0, 0.05) is 18.5 Å². The first-order valence-electron chi connectivity index (χ1n) is 10.0. The van der Waals surface area contributed by atoms with Gasteiger partial charge in [-0.25, -0.2) is 0 Å². The zero-order valence-electron chi connectivity index (χ0n) is 17.7. The smallest absolute Gasteiger partial charge is 0.382 e. The summed E-state index contributed by atoms with van der Waals surface area (Å²) in [5.74, 6) is 0.587. The number of carbonyl (C=O) groups is 1. The van der Waals surface area contributed by atoms with Crippen LogP contribution in [-0.4, -0.2) is 41.7 Å². The van der Waals surface area contributed by atoms with E-state index in [9.17, 15) is 13.2 Å². The molecule has 0 radical (unpaired) electrons. The largest absolute Gasteiger partial charge is 0.497 e. The van der Waals surface area contributed by atoms with E-state index in [2.05, 4.69) is 9.08 Å². The number of hydrogen-bond donors (Lipinski definition) is 1. The maximum Gasteiger partial charge on any atom is 0.382 e. The predicted octanol–water partition coefficient (Wildman–Crippen LogP) is 2.77. The van der Waals surface area contributed by atoms with Crippen LogP contribution in [-0.2, 0) is 24.7 Å². The molecule has 1 fully saturated rings. The Morgan fingerprint density at radius 1 is 1.06 bits per heavy atom. The predicted molar refractivity (Wildman–Crippen MR) is 118 cm³/mol. The van der Waals surface area contributed by atoms with Crippen LogP contribution in [0.15, 0.2) is 48.5 Å². The van der Waals surface area contributed by atoms with E-state index in [0.717, 1.165) is 30.0 Å². The van der Waals surface area contributed by atoms with E-state index in [-0.39, 0.29) is 6.42 Å². The maximum absolute atomic E-state index is 12.5. The van der Waals surface area contributed by atoms with E-state index in [1.165, 1.54) is 0 Å². The quantitative estimate of drug-likeness (QED) is 0.694. The Morgan fingerprint density at radius 2 is 1.84 bits per heavy atom. The Kier molecular flexibility index (Phi) is 7.07. The Bertz CT molecular complexity index is 1030. The highest BCUT2D eigenvalue weighted by Crippen LogP contribution is 2.42. The first-order chi connectivity index (χ1) is 14.8. The topological polar surface area (TPSA) is 108 Å². The van der Waals surface area contributed by atoms with Gasteiger partial charge in [0.2, 0.25) is 0 Å². The molecule has 0 aromatic heterocycles. The van der Waals surface area contributed by atoms with Gasteiger partial charge in [-0.3, -0.25) is 4.79 Å². The van der Waals surface area contributed by atoms with Gasteiger partial charge < -0.3 is 18.6 Å². The zero-order chi connectivity index (χ0) is 22.5. The molecule has 1 aliphatic rings. The minimum atomic E-state index is -4.37. The number of rotatable bonds is 7. The number of hydrogen-bond acceptors (Lipinski definition) is 7. The van der Waals surface area contributed by atoms with E-state index in [0.29, 0.717) is 25.1 Å². The van der Waals surface area contributed by atoms with Crippen molar-refractivity contribution in [2.75, 3.05) is 32.2 Å². The number of anilines is 1. The van der Waals surface area contributed by atoms with Crippen LogP contribution < -0.4 is 19.5 Å². The lowest BCUT2D eigenvalue weighted by Gasteiger charge is -2.33. The summed E-state index contributed by atoms with van der Waals surface area (Å²) in [7, 11) is -1.15. The summed E-state index contributed by atoms with van der Waals surface area (Å²) in [6.45, 7) is 1.43. The minimum Gasteiger partial charge on any atom is -0.497 e. The molecule has 9 heteroatoms. The first kappa shape index (κ1) is 22.9. The second-order valence-electron chi connectivity index (χ2n) is 7.65. The van der Waals surface area contributed by atoms with Gasteiger partial charge in [-0.2, -0.15) is 13.6 Å². The van der Waals surface area contributed by atoms with Crippen molar-refractivity contribution in [1.29, 1.82) is 0 Å². The van der Waals surface area contributed by atoms with Crippen molar-refractivity contribution in [3.63, 3.8) is 0 Å². The van der Waals surface area contributed by atoms with Gasteiger partial charge >= 0.3 is 16.3 Å². The third-order valence-corrected chi connectivity index (χ3v) is 6.16. The highest BCUT2D eigenvalue weighted by Gasteiger charge is 2.38. The Hall–Kier alpha value is -2.78.